The summed E-state index contributed by atoms with van der Waals surface area (Å²) in [7, 11) is 0. The summed E-state index contributed by atoms with van der Waals surface area (Å²) < 4.78 is 4.85. The molecule has 12 rings (SSSR count). The molecule has 2 heterocycles. The molecule has 0 saturated heterocycles. The normalized spacial score (nSPS) is 13.1. The van der Waals surface area contributed by atoms with Gasteiger partial charge in [0.2, 0.25) is 0 Å². The molecule has 1 aliphatic carbocycles. The second-order valence-corrected chi connectivity index (χ2v) is 15.3. The Morgan fingerprint density at radius 3 is 1.33 bits per heavy atom. The molecule has 0 aliphatic heterocycles. The Hall–Kier alpha value is -7.42. The predicted octanol–water partition coefficient (Wildman–Crippen LogP) is 13.9. The van der Waals surface area contributed by atoms with Crippen molar-refractivity contribution in [3.63, 3.8) is 0 Å². The highest BCUT2D eigenvalue weighted by atomic mass is 15.0. The van der Waals surface area contributed by atoms with Gasteiger partial charge in [-0.1, -0.05) is 158 Å². The largest absolute Gasteiger partial charge is 0.309 e. The second kappa shape index (κ2) is 12.3. The molecule has 2 heteroatoms. The maximum Gasteiger partial charge on any atom is 0.0714 e. The standard InChI is InChI=1S/C55H36N2/c1-4-16-39(17-5-1)55(40-18-6-2-7-19-40)49-25-13-10-22-43(49)44-31-30-42(36-50(44)55)57-52-27-15-12-24-46(52)48-35-38(29-33-54(48)57)37-28-32-53-47(34-37)45-23-11-14-26-51(45)56(53)41-20-8-3-9-21-41/h1-36H. The first-order chi connectivity index (χ1) is 28.3. The SMILES string of the molecule is c1ccc(-n2c3ccccc3c3cc(-c4ccc5c(c4)c4ccccc4n5-c4ccc5c(c4)C(c4ccccc4)(c4ccccc4)c4ccccc4-5)ccc32)cc1. The van der Waals surface area contributed by atoms with Gasteiger partial charge >= 0.3 is 0 Å². The highest BCUT2D eigenvalue weighted by Gasteiger charge is 2.46. The molecule has 0 amide bonds. The summed E-state index contributed by atoms with van der Waals surface area (Å²) in [5.41, 5.74) is 16.9. The highest BCUT2D eigenvalue weighted by Crippen LogP contribution is 2.56. The third-order valence-electron chi connectivity index (χ3n) is 12.4. The molecular formula is C55H36N2. The summed E-state index contributed by atoms with van der Waals surface area (Å²) in [6.45, 7) is 0. The van der Waals surface area contributed by atoms with Crippen LogP contribution in [0.2, 0.25) is 0 Å². The molecule has 0 fully saturated rings. The van der Waals surface area contributed by atoms with Crippen LogP contribution in [0.1, 0.15) is 22.3 Å². The number of benzene rings is 9. The lowest BCUT2D eigenvalue weighted by molar-refractivity contribution is 0.767. The quantitative estimate of drug-likeness (QED) is 0.167. The number of rotatable bonds is 5. The first kappa shape index (κ1) is 31.9. The molecule has 0 spiro atoms. The fourth-order valence-electron chi connectivity index (χ4n) is 10.0. The van der Waals surface area contributed by atoms with E-state index in [1.165, 1.54) is 93.8 Å². The Labute approximate surface area is 331 Å². The molecule has 266 valence electrons. The summed E-state index contributed by atoms with van der Waals surface area (Å²) >= 11 is 0. The summed E-state index contributed by atoms with van der Waals surface area (Å²) in [5, 5.41) is 5.01. The zero-order valence-corrected chi connectivity index (χ0v) is 31.2. The van der Waals surface area contributed by atoms with Crippen molar-refractivity contribution in [1.82, 2.24) is 9.13 Å². The van der Waals surface area contributed by atoms with Gasteiger partial charge in [-0.3, -0.25) is 0 Å². The van der Waals surface area contributed by atoms with Gasteiger partial charge in [0, 0.05) is 32.9 Å². The van der Waals surface area contributed by atoms with Gasteiger partial charge in [-0.25, -0.2) is 0 Å². The minimum Gasteiger partial charge on any atom is -0.309 e. The number of aromatic nitrogens is 2. The zero-order chi connectivity index (χ0) is 37.5. The molecule has 11 aromatic rings. The van der Waals surface area contributed by atoms with Crippen LogP contribution in [-0.2, 0) is 5.41 Å². The first-order valence-corrected chi connectivity index (χ1v) is 19.8. The van der Waals surface area contributed by atoms with Crippen LogP contribution in [0.15, 0.2) is 218 Å². The van der Waals surface area contributed by atoms with E-state index in [2.05, 4.69) is 228 Å². The number of nitrogens with zero attached hydrogens (tertiary/aromatic N) is 2. The van der Waals surface area contributed by atoms with Crippen molar-refractivity contribution in [2.24, 2.45) is 0 Å². The molecule has 0 unspecified atom stereocenters. The number of hydrogen-bond donors (Lipinski definition) is 0. The minimum atomic E-state index is -0.460. The molecular weight excluding hydrogens is 689 g/mol. The third-order valence-corrected chi connectivity index (χ3v) is 12.4. The predicted molar refractivity (Wildman–Crippen MR) is 238 cm³/mol. The van der Waals surface area contributed by atoms with E-state index in [1.54, 1.807) is 0 Å². The van der Waals surface area contributed by atoms with Gasteiger partial charge in [-0.2, -0.15) is 0 Å². The maximum absolute atomic E-state index is 2.47. The molecule has 0 atom stereocenters. The zero-order valence-electron chi connectivity index (χ0n) is 31.2. The molecule has 0 saturated carbocycles. The Kier molecular flexibility index (Phi) is 6.88. The van der Waals surface area contributed by atoms with Crippen molar-refractivity contribution >= 4 is 43.6 Å². The van der Waals surface area contributed by atoms with Crippen molar-refractivity contribution in [1.29, 1.82) is 0 Å². The van der Waals surface area contributed by atoms with E-state index in [9.17, 15) is 0 Å². The van der Waals surface area contributed by atoms with E-state index in [1.807, 2.05) is 0 Å². The van der Waals surface area contributed by atoms with Crippen LogP contribution in [-0.4, -0.2) is 9.13 Å². The third kappa shape index (κ3) is 4.53. The van der Waals surface area contributed by atoms with E-state index < -0.39 is 5.41 Å². The monoisotopic (exact) mass is 724 g/mol. The van der Waals surface area contributed by atoms with Crippen LogP contribution >= 0.6 is 0 Å². The van der Waals surface area contributed by atoms with Crippen molar-refractivity contribution < 1.29 is 0 Å². The van der Waals surface area contributed by atoms with E-state index >= 15 is 0 Å². The van der Waals surface area contributed by atoms with Crippen molar-refractivity contribution in [2.75, 3.05) is 0 Å². The lowest BCUT2D eigenvalue weighted by Crippen LogP contribution is -2.28. The molecule has 0 N–H and O–H groups in total. The number of hydrogen-bond acceptors (Lipinski definition) is 0. The van der Waals surface area contributed by atoms with E-state index in [-0.39, 0.29) is 0 Å². The first-order valence-electron chi connectivity index (χ1n) is 19.8. The topological polar surface area (TPSA) is 9.86 Å². The second-order valence-electron chi connectivity index (χ2n) is 15.3. The fraction of sp³-hybridized carbons (Fsp3) is 0.0182. The molecule has 57 heavy (non-hydrogen) atoms. The van der Waals surface area contributed by atoms with Gasteiger partial charge < -0.3 is 9.13 Å². The summed E-state index contributed by atoms with van der Waals surface area (Å²) in [6, 6.07) is 80.5. The lowest BCUT2D eigenvalue weighted by Gasteiger charge is -2.34. The van der Waals surface area contributed by atoms with E-state index in [0.717, 1.165) is 5.69 Å². The van der Waals surface area contributed by atoms with Crippen LogP contribution in [0.4, 0.5) is 0 Å². The van der Waals surface area contributed by atoms with Crippen LogP contribution in [0, 0.1) is 0 Å². The number of fused-ring (bicyclic) bond motifs is 9. The summed E-state index contributed by atoms with van der Waals surface area (Å²) in [4.78, 5) is 0. The van der Waals surface area contributed by atoms with Crippen molar-refractivity contribution in [2.45, 2.75) is 5.41 Å². The average Bonchev–Trinajstić information content (AvgIpc) is 3.91. The van der Waals surface area contributed by atoms with Crippen LogP contribution in [0.3, 0.4) is 0 Å². The molecule has 2 nitrogen and oxygen atoms in total. The Morgan fingerprint density at radius 1 is 0.281 bits per heavy atom. The number of para-hydroxylation sites is 3. The smallest absolute Gasteiger partial charge is 0.0714 e. The van der Waals surface area contributed by atoms with Gasteiger partial charge in [0.25, 0.3) is 0 Å². The Morgan fingerprint density at radius 2 is 0.737 bits per heavy atom. The average molecular weight is 725 g/mol. The summed E-state index contributed by atoms with van der Waals surface area (Å²) in [5.74, 6) is 0. The van der Waals surface area contributed by atoms with E-state index in [0.29, 0.717) is 0 Å². The van der Waals surface area contributed by atoms with Crippen molar-refractivity contribution in [3.05, 3.63) is 241 Å². The minimum absolute atomic E-state index is 0.460. The van der Waals surface area contributed by atoms with Gasteiger partial charge in [0.05, 0.1) is 27.5 Å². The van der Waals surface area contributed by atoms with Gasteiger partial charge in [0.15, 0.2) is 0 Å². The molecule has 9 aromatic carbocycles. The lowest BCUT2D eigenvalue weighted by atomic mass is 9.67. The molecule has 2 aromatic heterocycles. The van der Waals surface area contributed by atoms with Crippen LogP contribution in [0.5, 0.6) is 0 Å². The summed E-state index contributed by atoms with van der Waals surface area (Å²) in [6.07, 6.45) is 0. The Bertz CT molecular complexity index is 3290. The van der Waals surface area contributed by atoms with Crippen LogP contribution in [0.25, 0.3) is 77.2 Å². The molecule has 0 radical (unpaired) electrons. The van der Waals surface area contributed by atoms with Crippen LogP contribution < -0.4 is 0 Å². The molecule has 0 bridgehead atoms. The fourth-order valence-corrected chi connectivity index (χ4v) is 10.0. The van der Waals surface area contributed by atoms with Gasteiger partial charge in [0.1, 0.15) is 0 Å². The Balaban J connectivity index is 1.06. The van der Waals surface area contributed by atoms with Crippen molar-refractivity contribution in [3.8, 4) is 33.6 Å². The van der Waals surface area contributed by atoms with E-state index in [4.69, 9.17) is 0 Å². The highest BCUT2D eigenvalue weighted by molar-refractivity contribution is 6.12. The van der Waals surface area contributed by atoms with Gasteiger partial charge in [-0.15, -0.1) is 0 Å². The maximum atomic E-state index is 2.47. The molecule has 1 aliphatic rings. The van der Waals surface area contributed by atoms with Gasteiger partial charge in [-0.05, 0) is 105 Å².